The Morgan fingerprint density at radius 1 is 0.824 bits per heavy atom. The minimum absolute atomic E-state index is 0. The summed E-state index contributed by atoms with van der Waals surface area (Å²) in [6, 6.07) is 0. The number of hydrogen-bond donors (Lipinski definition) is 2. The van der Waals surface area contributed by atoms with Crippen LogP contribution in [0.25, 0.3) is 0 Å². The third kappa shape index (κ3) is 31.3. The molecule has 0 amide bonds. The molecule has 0 aliphatic carbocycles. The summed E-state index contributed by atoms with van der Waals surface area (Å²) < 4.78 is 58.0. The molecule has 0 aromatic heterocycles. The van der Waals surface area contributed by atoms with Gasteiger partial charge in [-0.2, -0.15) is 16.8 Å². The van der Waals surface area contributed by atoms with Crippen molar-refractivity contribution in [3.05, 3.63) is 0 Å². The molecule has 0 rings (SSSR count). The van der Waals surface area contributed by atoms with E-state index in [1.54, 1.807) is 0 Å². The third-order valence-corrected chi connectivity index (χ3v) is 1.04. The summed E-state index contributed by atoms with van der Waals surface area (Å²) in [6.45, 7) is 0. The number of hydrogen-bond acceptors (Lipinski definition) is 10. The first-order chi connectivity index (χ1) is 6.83. The van der Waals surface area contributed by atoms with E-state index in [1.807, 2.05) is 0 Å². The van der Waals surface area contributed by atoms with Crippen molar-refractivity contribution in [3.63, 3.8) is 0 Å². The second-order valence-corrected chi connectivity index (χ2v) is 3.57. The van der Waals surface area contributed by atoms with E-state index in [0.29, 0.717) is 0 Å². The van der Waals surface area contributed by atoms with E-state index < -0.39 is 33.1 Å². The molecule has 0 aliphatic rings. The molecule has 0 aromatic carbocycles. The van der Waals surface area contributed by atoms with Crippen molar-refractivity contribution < 1.29 is 73.6 Å². The fourth-order valence-electron chi connectivity index (χ4n) is 0.172. The second-order valence-electron chi connectivity index (χ2n) is 1.52. The van der Waals surface area contributed by atoms with E-state index in [0.717, 1.165) is 0 Å². The van der Waals surface area contributed by atoms with E-state index in [2.05, 4.69) is 8.37 Å². The molecule has 17 heavy (non-hydrogen) atoms. The Labute approximate surface area is 107 Å². The molecule has 96 valence electrons. The topological polar surface area (TPSA) is 207 Å². The first-order valence-electron chi connectivity index (χ1n) is 2.59. The largest absolute Gasteiger partial charge is 2.00 e. The van der Waals surface area contributed by atoms with Gasteiger partial charge in [-0.05, 0) is 0 Å². The maximum atomic E-state index is 9.35. The average Bonchev–Trinajstić information content (AvgIpc) is 1.72. The van der Waals surface area contributed by atoms with Crippen LogP contribution in [0.1, 0.15) is 0 Å². The van der Waals surface area contributed by atoms with Gasteiger partial charge >= 0.3 is 40.3 Å². The van der Waals surface area contributed by atoms with Crippen molar-refractivity contribution in [1.29, 1.82) is 0 Å². The quantitative estimate of drug-likeness (QED) is 0.365. The number of carbonyl (C=O) groups excluding carboxylic acids is 2. The average molecular weight is 348 g/mol. The molecule has 0 saturated heterocycles. The van der Waals surface area contributed by atoms with Gasteiger partial charge in [-0.3, -0.25) is 9.11 Å². The SMILES string of the molecule is O=C([O-])OS(=O)(=O)O.O=C([O-])OS(=O)(=O)O.[Zn+2]. The summed E-state index contributed by atoms with van der Waals surface area (Å²) in [5.74, 6) is 0. The monoisotopic (exact) mass is 346 g/mol. The van der Waals surface area contributed by atoms with Crippen LogP contribution in [-0.2, 0) is 48.6 Å². The van der Waals surface area contributed by atoms with E-state index >= 15 is 0 Å². The maximum absolute atomic E-state index is 9.35. The van der Waals surface area contributed by atoms with Crippen LogP contribution >= 0.6 is 0 Å². The van der Waals surface area contributed by atoms with Gasteiger partial charge in [0, 0.05) is 0 Å². The summed E-state index contributed by atoms with van der Waals surface area (Å²) in [7, 11) is -9.77. The molecule has 0 heterocycles. The van der Waals surface area contributed by atoms with Crippen LogP contribution < -0.4 is 10.2 Å². The number of carbonyl (C=O) groups is 2. The first-order valence-corrected chi connectivity index (χ1v) is 5.32. The normalized spacial score (nSPS) is 10.0. The molecule has 0 aliphatic heterocycles. The molecule has 0 saturated carbocycles. The molecule has 0 atom stereocenters. The summed E-state index contributed by atoms with van der Waals surface area (Å²) in [4.78, 5) is 18.3. The smallest absolute Gasteiger partial charge is 0.425 e. The van der Waals surface area contributed by atoms with Gasteiger partial charge in [-0.25, -0.2) is 0 Å². The third-order valence-electron chi connectivity index (χ3n) is 0.347. The van der Waals surface area contributed by atoms with E-state index in [9.17, 15) is 16.8 Å². The maximum Gasteiger partial charge on any atom is 2.00 e. The van der Waals surface area contributed by atoms with E-state index in [4.69, 9.17) is 28.9 Å². The Morgan fingerprint density at radius 3 is 1.00 bits per heavy atom. The molecule has 0 fully saturated rings. The van der Waals surface area contributed by atoms with Crippen molar-refractivity contribution in [2.75, 3.05) is 0 Å². The Bertz CT molecular complexity index is 399. The van der Waals surface area contributed by atoms with Crippen LogP contribution in [0.15, 0.2) is 0 Å². The van der Waals surface area contributed by atoms with Gasteiger partial charge in [0.25, 0.3) is 12.3 Å². The summed E-state index contributed by atoms with van der Waals surface area (Å²) in [6.07, 6.45) is -4.62. The minimum atomic E-state index is -4.89. The zero-order valence-electron chi connectivity index (χ0n) is 7.50. The van der Waals surface area contributed by atoms with Gasteiger partial charge in [0.1, 0.15) is 0 Å². The van der Waals surface area contributed by atoms with Gasteiger partial charge in [-0.1, -0.05) is 0 Å². The van der Waals surface area contributed by atoms with Gasteiger partial charge < -0.3 is 28.2 Å². The molecule has 0 unspecified atom stereocenters. The Kier molecular flexibility index (Phi) is 10.2. The van der Waals surface area contributed by atoms with Crippen molar-refractivity contribution in [3.8, 4) is 0 Å². The zero-order valence-corrected chi connectivity index (χ0v) is 12.1. The zero-order chi connectivity index (χ0) is 13.6. The van der Waals surface area contributed by atoms with Gasteiger partial charge in [0.05, 0.1) is 0 Å². The van der Waals surface area contributed by atoms with E-state index in [1.165, 1.54) is 0 Å². The Balaban J connectivity index is -0.000000218. The fraction of sp³-hybridized carbons (Fsp3) is 0. The predicted molar refractivity (Wildman–Crippen MR) is 36.1 cm³/mol. The first kappa shape index (κ1) is 21.3. The van der Waals surface area contributed by atoms with Crippen LogP contribution in [0.2, 0.25) is 0 Å². The van der Waals surface area contributed by atoms with E-state index in [-0.39, 0.29) is 19.5 Å². The summed E-state index contributed by atoms with van der Waals surface area (Å²) >= 11 is 0. The molecule has 15 heteroatoms. The molecule has 0 spiro atoms. The van der Waals surface area contributed by atoms with Crippen LogP contribution in [-0.4, -0.2) is 38.3 Å². The molecule has 0 bridgehead atoms. The molecule has 0 aromatic rings. The minimum Gasteiger partial charge on any atom is -0.425 e. The van der Waals surface area contributed by atoms with Crippen LogP contribution in [0.3, 0.4) is 0 Å². The molecule has 2 N–H and O–H groups in total. The van der Waals surface area contributed by atoms with Crippen LogP contribution in [0.4, 0.5) is 9.59 Å². The van der Waals surface area contributed by atoms with Crippen LogP contribution in [0, 0.1) is 0 Å². The molecular formula is C2H2O12S2Zn. The number of rotatable bonds is 2. The second kappa shape index (κ2) is 8.13. The fourth-order valence-corrected chi connectivity index (χ4v) is 0.516. The van der Waals surface area contributed by atoms with Gasteiger partial charge in [-0.15, -0.1) is 0 Å². The number of carboxylic acid groups (broad SMARTS) is 2. The van der Waals surface area contributed by atoms with Crippen molar-refractivity contribution >= 4 is 33.1 Å². The predicted octanol–water partition coefficient (Wildman–Crippen LogP) is -3.70. The summed E-state index contributed by atoms with van der Waals surface area (Å²) in [5.41, 5.74) is 0. The Morgan fingerprint density at radius 2 is 1.00 bits per heavy atom. The van der Waals surface area contributed by atoms with Crippen molar-refractivity contribution in [1.82, 2.24) is 0 Å². The van der Waals surface area contributed by atoms with Crippen LogP contribution in [0.5, 0.6) is 0 Å². The molecule has 0 radical (unpaired) electrons. The standard InChI is InChI=1S/2CH2O6S.Zn/c2*2-1(3)7-8(4,5)6;/h2*(H,2,3)(H,4,5,6);/q;;+2/p-2. The van der Waals surface area contributed by atoms with Crippen molar-refractivity contribution in [2.24, 2.45) is 0 Å². The van der Waals surface area contributed by atoms with Crippen molar-refractivity contribution in [2.45, 2.75) is 0 Å². The molecule has 12 nitrogen and oxygen atoms in total. The van der Waals surface area contributed by atoms with Gasteiger partial charge in [0.2, 0.25) is 0 Å². The molecular weight excluding hydrogens is 346 g/mol. The Hall–Kier alpha value is -1.02. The summed E-state index contributed by atoms with van der Waals surface area (Å²) in [5, 5.41) is 18.3. The van der Waals surface area contributed by atoms with Gasteiger partial charge in [0.15, 0.2) is 0 Å².